The first-order valence-electron chi connectivity index (χ1n) is 6.00. The molecule has 0 heterocycles. The summed E-state index contributed by atoms with van der Waals surface area (Å²) in [5.41, 5.74) is 1.55. The molecular weight excluding hydrogens is 310 g/mol. The van der Waals surface area contributed by atoms with Gasteiger partial charge in [0.2, 0.25) is 0 Å². The number of amides is 1. The molecule has 0 aliphatic carbocycles. The summed E-state index contributed by atoms with van der Waals surface area (Å²) in [6.45, 7) is 5.61. The zero-order valence-electron chi connectivity index (χ0n) is 11.6. The standard InChI is InChI=1S/C14H18BrNO3/c1-9(2)16(8-13(17)19-4)14(18)11-5-10(3)6-12(15)7-11/h5-7,9H,8H2,1-4H3. The van der Waals surface area contributed by atoms with Crippen molar-refractivity contribution in [2.75, 3.05) is 13.7 Å². The van der Waals surface area contributed by atoms with E-state index in [9.17, 15) is 9.59 Å². The Labute approximate surface area is 121 Å². The number of hydrogen-bond acceptors (Lipinski definition) is 3. The predicted octanol–water partition coefficient (Wildman–Crippen LogP) is 2.78. The molecule has 0 aromatic heterocycles. The molecule has 104 valence electrons. The Bertz CT molecular complexity index is 465. The van der Waals surface area contributed by atoms with Crippen LogP contribution in [0.4, 0.5) is 0 Å². The van der Waals surface area contributed by atoms with Crippen LogP contribution in [0, 0.1) is 6.92 Å². The number of nitrogens with zero attached hydrogens (tertiary/aromatic N) is 1. The monoisotopic (exact) mass is 327 g/mol. The van der Waals surface area contributed by atoms with Gasteiger partial charge in [0.1, 0.15) is 6.54 Å². The van der Waals surface area contributed by atoms with E-state index in [-0.39, 0.29) is 18.5 Å². The van der Waals surface area contributed by atoms with Gasteiger partial charge in [0.25, 0.3) is 5.91 Å². The summed E-state index contributed by atoms with van der Waals surface area (Å²) in [6, 6.07) is 5.41. The van der Waals surface area contributed by atoms with Gasteiger partial charge in [0, 0.05) is 16.1 Å². The minimum absolute atomic E-state index is 0.0431. The van der Waals surface area contributed by atoms with Crippen LogP contribution >= 0.6 is 15.9 Å². The Morgan fingerprint density at radius 3 is 2.42 bits per heavy atom. The molecule has 19 heavy (non-hydrogen) atoms. The third-order valence-corrected chi connectivity index (χ3v) is 3.16. The van der Waals surface area contributed by atoms with Crippen molar-refractivity contribution in [3.05, 3.63) is 33.8 Å². The number of benzene rings is 1. The smallest absolute Gasteiger partial charge is 0.325 e. The Balaban J connectivity index is 3.02. The van der Waals surface area contributed by atoms with Gasteiger partial charge in [-0.15, -0.1) is 0 Å². The molecule has 1 aromatic carbocycles. The highest BCUT2D eigenvalue weighted by Gasteiger charge is 2.22. The van der Waals surface area contributed by atoms with Crippen LogP contribution in [0.2, 0.25) is 0 Å². The van der Waals surface area contributed by atoms with Crippen LogP contribution in [-0.4, -0.2) is 36.5 Å². The highest BCUT2D eigenvalue weighted by molar-refractivity contribution is 9.10. The van der Waals surface area contributed by atoms with E-state index in [0.717, 1.165) is 10.0 Å². The number of hydrogen-bond donors (Lipinski definition) is 0. The second kappa shape index (κ2) is 6.70. The minimum atomic E-state index is -0.422. The van der Waals surface area contributed by atoms with Gasteiger partial charge >= 0.3 is 5.97 Å². The first-order valence-corrected chi connectivity index (χ1v) is 6.79. The molecule has 0 unspecified atom stereocenters. The van der Waals surface area contributed by atoms with Crippen LogP contribution in [0.3, 0.4) is 0 Å². The van der Waals surface area contributed by atoms with E-state index in [1.54, 1.807) is 12.1 Å². The van der Waals surface area contributed by atoms with Crippen molar-refractivity contribution >= 4 is 27.8 Å². The van der Waals surface area contributed by atoms with E-state index in [4.69, 9.17) is 0 Å². The normalized spacial score (nSPS) is 10.4. The number of carbonyl (C=O) groups is 2. The summed E-state index contributed by atoms with van der Waals surface area (Å²) in [5.74, 6) is -0.599. The third-order valence-electron chi connectivity index (χ3n) is 2.70. The van der Waals surface area contributed by atoms with Crippen molar-refractivity contribution < 1.29 is 14.3 Å². The maximum Gasteiger partial charge on any atom is 0.325 e. The molecule has 0 atom stereocenters. The molecule has 5 heteroatoms. The van der Waals surface area contributed by atoms with Crippen molar-refractivity contribution in [3.63, 3.8) is 0 Å². The highest BCUT2D eigenvalue weighted by Crippen LogP contribution is 2.17. The number of carbonyl (C=O) groups excluding carboxylic acids is 2. The molecule has 0 bridgehead atoms. The number of halogens is 1. The molecule has 1 aromatic rings. The lowest BCUT2D eigenvalue weighted by molar-refractivity contribution is -0.141. The molecule has 0 saturated carbocycles. The number of aryl methyl sites for hydroxylation is 1. The summed E-state index contributed by atoms with van der Waals surface area (Å²) in [7, 11) is 1.31. The van der Waals surface area contributed by atoms with Gasteiger partial charge in [0.15, 0.2) is 0 Å². The summed E-state index contributed by atoms with van der Waals surface area (Å²) in [4.78, 5) is 25.3. The fraction of sp³-hybridized carbons (Fsp3) is 0.429. The average molecular weight is 328 g/mol. The lowest BCUT2D eigenvalue weighted by Gasteiger charge is -2.25. The van der Waals surface area contributed by atoms with Crippen molar-refractivity contribution in [2.45, 2.75) is 26.8 Å². The molecule has 1 rings (SSSR count). The molecule has 0 radical (unpaired) electrons. The molecule has 0 saturated heterocycles. The largest absolute Gasteiger partial charge is 0.468 e. The van der Waals surface area contributed by atoms with Crippen molar-refractivity contribution in [1.29, 1.82) is 0 Å². The quantitative estimate of drug-likeness (QED) is 0.799. The van der Waals surface area contributed by atoms with E-state index in [1.807, 2.05) is 26.8 Å². The number of rotatable bonds is 4. The second-order valence-corrected chi connectivity index (χ2v) is 5.54. The van der Waals surface area contributed by atoms with Gasteiger partial charge in [-0.1, -0.05) is 15.9 Å². The molecule has 0 aliphatic rings. The Hall–Kier alpha value is -1.36. The second-order valence-electron chi connectivity index (χ2n) is 4.62. The maximum atomic E-state index is 12.4. The number of esters is 1. The third kappa shape index (κ3) is 4.35. The van der Waals surface area contributed by atoms with Crippen molar-refractivity contribution in [3.8, 4) is 0 Å². The fourth-order valence-electron chi connectivity index (χ4n) is 1.72. The van der Waals surface area contributed by atoms with Gasteiger partial charge in [0.05, 0.1) is 7.11 Å². The summed E-state index contributed by atoms with van der Waals surface area (Å²) < 4.78 is 5.47. The molecule has 0 fully saturated rings. The lowest BCUT2D eigenvalue weighted by Crippen LogP contribution is -2.41. The summed E-state index contributed by atoms with van der Waals surface area (Å²) in [6.07, 6.45) is 0. The van der Waals surface area contributed by atoms with Crippen LogP contribution in [0.15, 0.2) is 22.7 Å². The van der Waals surface area contributed by atoms with Crippen LogP contribution in [0.25, 0.3) is 0 Å². The van der Waals surface area contributed by atoms with Crippen LogP contribution in [0.5, 0.6) is 0 Å². The van der Waals surface area contributed by atoms with Crippen molar-refractivity contribution in [1.82, 2.24) is 4.90 Å². The molecule has 4 nitrogen and oxygen atoms in total. The minimum Gasteiger partial charge on any atom is -0.468 e. The van der Waals surface area contributed by atoms with Crippen molar-refractivity contribution in [2.24, 2.45) is 0 Å². The van der Waals surface area contributed by atoms with Gasteiger partial charge in [-0.3, -0.25) is 9.59 Å². The van der Waals surface area contributed by atoms with E-state index >= 15 is 0 Å². The zero-order chi connectivity index (χ0) is 14.6. The van der Waals surface area contributed by atoms with Gasteiger partial charge in [-0.2, -0.15) is 0 Å². The van der Waals surface area contributed by atoms with Crippen LogP contribution in [-0.2, 0) is 9.53 Å². The van der Waals surface area contributed by atoms with Gasteiger partial charge in [-0.05, 0) is 44.5 Å². The molecule has 0 aliphatic heterocycles. The Morgan fingerprint density at radius 1 is 1.32 bits per heavy atom. The summed E-state index contributed by atoms with van der Waals surface area (Å²) >= 11 is 3.37. The number of ether oxygens (including phenoxy) is 1. The molecule has 1 amide bonds. The van der Waals surface area contributed by atoms with E-state index in [2.05, 4.69) is 20.7 Å². The first kappa shape index (κ1) is 15.7. The Kier molecular flexibility index (Phi) is 5.54. The maximum absolute atomic E-state index is 12.4. The van der Waals surface area contributed by atoms with Gasteiger partial charge < -0.3 is 9.64 Å². The zero-order valence-corrected chi connectivity index (χ0v) is 13.2. The molecule has 0 spiro atoms. The van der Waals surface area contributed by atoms with E-state index < -0.39 is 5.97 Å². The predicted molar refractivity (Wildman–Crippen MR) is 77.1 cm³/mol. The topological polar surface area (TPSA) is 46.6 Å². The highest BCUT2D eigenvalue weighted by atomic mass is 79.9. The molecular formula is C14H18BrNO3. The SMILES string of the molecule is COC(=O)CN(C(=O)c1cc(C)cc(Br)c1)C(C)C. The van der Waals surface area contributed by atoms with E-state index in [1.165, 1.54) is 12.0 Å². The fourth-order valence-corrected chi connectivity index (χ4v) is 2.33. The van der Waals surface area contributed by atoms with E-state index in [0.29, 0.717) is 5.56 Å². The lowest BCUT2D eigenvalue weighted by atomic mass is 10.1. The van der Waals surface area contributed by atoms with Gasteiger partial charge in [-0.25, -0.2) is 0 Å². The van der Waals surface area contributed by atoms with Crippen LogP contribution < -0.4 is 0 Å². The average Bonchev–Trinajstić information content (AvgIpc) is 2.33. The molecule has 0 N–H and O–H groups in total. The number of methoxy groups -OCH3 is 1. The first-order chi connectivity index (χ1) is 8.85. The summed E-state index contributed by atoms with van der Waals surface area (Å²) in [5, 5.41) is 0. The van der Waals surface area contributed by atoms with Crippen LogP contribution in [0.1, 0.15) is 29.8 Å². The Morgan fingerprint density at radius 2 is 1.95 bits per heavy atom.